The molecule has 0 radical (unpaired) electrons. The van der Waals surface area contributed by atoms with Gasteiger partial charge in [0, 0.05) is 24.5 Å². The fraction of sp³-hybridized carbons (Fsp3) is 0.143. The van der Waals surface area contributed by atoms with E-state index in [2.05, 4.69) is 21.3 Å². The average molecular weight is 841 g/mol. The van der Waals surface area contributed by atoms with Crippen molar-refractivity contribution in [2.24, 2.45) is 0 Å². The number of nitrogens with zero attached hydrogens (tertiary/aromatic N) is 4. The quantitative estimate of drug-likeness (QED) is 0.0826. The number of hydrogen-bond acceptors (Lipinski definition) is 6. The Kier molecular flexibility index (Phi) is 12.5. The number of rotatable bonds is 14. The van der Waals surface area contributed by atoms with Crippen molar-refractivity contribution < 1.29 is 28.8 Å². The standard InChI is InChI=1S/C49H44N8O6/c58-44-42(52-48(62)56(44)40-17-9-3-10-18-40)32-54(30-36-13-5-1-6-14-36)46(60)50-38-25-21-34(22-26-38)29-35-23-27-39(28-24-35)51-47(61)55(31-37-15-7-2-8-16-37)33-43-45(59)57(49(63)53-43)41-19-11-4-12-20-41/h1-28,42-43H,29-33H2,(H,50,60)(H,51,61)(H,52,62)(H,53,63). The zero-order chi connectivity index (χ0) is 43.7. The van der Waals surface area contributed by atoms with Gasteiger partial charge in [-0.25, -0.2) is 29.0 Å². The highest BCUT2D eigenvalue weighted by molar-refractivity contribution is 6.22. The molecule has 2 aliphatic rings. The van der Waals surface area contributed by atoms with Crippen LogP contribution in [0, 0.1) is 0 Å². The van der Waals surface area contributed by atoms with Crippen LogP contribution in [0.25, 0.3) is 0 Å². The zero-order valence-corrected chi connectivity index (χ0v) is 34.1. The maximum Gasteiger partial charge on any atom is 0.329 e. The van der Waals surface area contributed by atoms with E-state index in [0.717, 1.165) is 32.1 Å². The van der Waals surface area contributed by atoms with Crippen LogP contribution in [0.1, 0.15) is 22.3 Å². The van der Waals surface area contributed by atoms with Crippen molar-refractivity contribution in [2.45, 2.75) is 31.6 Å². The number of hydrogen-bond donors (Lipinski definition) is 4. The normalized spacial score (nSPS) is 15.7. The molecule has 8 rings (SSSR count). The predicted octanol–water partition coefficient (Wildman–Crippen LogP) is 7.60. The molecule has 2 unspecified atom stereocenters. The summed E-state index contributed by atoms with van der Waals surface area (Å²) in [5.41, 5.74) is 5.70. The number of benzene rings is 6. The number of carbonyl (C=O) groups excluding carboxylic acids is 6. The third-order valence-electron chi connectivity index (χ3n) is 10.7. The van der Waals surface area contributed by atoms with Gasteiger partial charge in [-0.15, -0.1) is 0 Å². The van der Waals surface area contributed by atoms with Gasteiger partial charge < -0.3 is 31.1 Å². The van der Waals surface area contributed by atoms with Gasteiger partial charge in [-0.3, -0.25) is 9.59 Å². The maximum atomic E-state index is 13.8. The van der Waals surface area contributed by atoms with Gasteiger partial charge >= 0.3 is 24.1 Å². The molecule has 0 spiro atoms. The summed E-state index contributed by atoms with van der Waals surface area (Å²) in [7, 11) is 0. The molecule has 2 fully saturated rings. The number of amides is 10. The minimum absolute atomic E-state index is 0.0415. The van der Waals surface area contributed by atoms with E-state index in [-0.39, 0.29) is 26.2 Å². The van der Waals surface area contributed by atoms with E-state index < -0.39 is 48.0 Å². The van der Waals surface area contributed by atoms with E-state index in [4.69, 9.17) is 0 Å². The number of urea groups is 4. The van der Waals surface area contributed by atoms with Crippen LogP contribution in [0.5, 0.6) is 0 Å². The van der Waals surface area contributed by atoms with E-state index >= 15 is 0 Å². The summed E-state index contributed by atoms with van der Waals surface area (Å²) in [6.07, 6.45) is 0.575. The Morgan fingerprint density at radius 2 is 0.778 bits per heavy atom. The van der Waals surface area contributed by atoms with Gasteiger partial charge in [0.15, 0.2) is 0 Å². The summed E-state index contributed by atoms with van der Waals surface area (Å²) in [5.74, 6) is -0.878. The van der Waals surface area contributed by atoms with E-state index in [1.165, 1.54) is 9.80 Å². The highest BCUT2D eigenvalue weighted by Gasteiger charge is 2.42. The van der Waals surface area contributed by atoms with Gasteiger partial charge in [-0.1, -0.05) is 121 Å². The van der Waals surface area contributed by atoms with Crippen molar-refractivity contribution in [2.75, 3.05) is 33.5 Å². The highest BCUT2D eigenvalue weighted by atomic mass is 16.2. The Balaban J connectivity index is 0.886. The van der Waals surface area contributed by atoms with Crippen molar-refractivity contribution in [3.8, 4) is 0 Å². The monoisotopic (exact) mass is 840 g/mol. The average Bonchev–Trinajstić information content (AvgIpc) is 3.75. The van der Waals surface area contributed by atoms with Crippen LogP contribution >= 0.6 is 0 Å². The smallest absolute Gasteiger partial charge is 0.324 e. The van der Waals surface area contributed by atoms with Crippen LogP contribution in [0.15, 0.2) is 170 Å². The third-order valence-corrected chi connectivity index (χ3v) is 10.7. The molecule has 14 nitrogen and oxygen atoms in total. The Morgan fingerprint density at radius 3 is 1.13 bits per heavy atom. The summed E-state index contributed by atoms with van der Waals surface area (Å²) in [5, 5.41) is 11.4. The largest absolute Gasteiger partial charge is 0.329 e. The molecule has 6 aromatic carbocycles. The minimum Gasteiger partial charge on any atom is -0.324 e. The zero-order valence-electron chi connectivity index (χ0n) is 34.1. The van der Waals surface area contributed by atoms with Crippen LogP contribution in [0.3, 0.4) is 0 Å². The molecular formula is C49H44N8O6. The fourth-order valence-corrected chi connectivity index (χ4v) is 7.49. The summed E-state index contributed by atoms with van der Waals surface area (Å²) in [6.45, 7) is 0.340. The Labute approximate surface area is 364 Å². The van der Waals surface area contributed by atoms with Crippen molar-refractivity contribution in [1.29, 1.82) is 0 Å². The number of anilines is 4. The molecule has 14 heteroatoms. The van der Waals surface area contributed by atoms with Crippen LogP contribution in [-0.4, -0.2) is 70.9 Å². The van der Waals surface area contributed by atoms with E-state index in [1.54, 1.807) is 84.9 Å². The SMILES string of the molecule is O=C(Nc1ccc(Cc2ccc(NC(=O)N(Cc3ccccc3)CC3NC(=O)N(c4ccccc4)C3=O)cc2)cc1)N(Cc1ccccc1)CC1NC(=O)N(c2ccccc2)C1=O. The number of imide groups is 2. The summed E-state index contributed by atoms with van der Waals surface area (Å²) >= 11 is 0. The van der Waals surface area contributed by atoms with Crippen LogP contribution in [0.4, 0.5) is 41.9 Å². The molecule has 63 heavy (non-hydrogen) atoms. The molecule has 0 saturated carbocycles. The molecular weight excluding hydrogens is 797 g/mol. The third kappa shape index (κ3) is 10.0. The molecule has 2 heterocycles. The lowest BCUT2D eigenvalue weighted by molar-refractivity contribution is -0.119. The lowest BCUT2D eigenvalue weighted by Crippen LogP contribution is -2.45. The number of carbonyl (C=O) groups is 6. The Bertz CT molecular complexity index is 2400. The second-order valence-corrected chi connectivity index (χ2v) is 15.2. The van der Waals surface area contributed by atoms with Gasteiger partial charge in [0.05, 0.1) is 24.5 Å². The molecule has 4 N–H and O–H groups in total. The van der Waals surface area contributed by atoms with Gasteiger partial charge in [-0.2, -0.15) is 0 Å². The topological polar surface area (TPSA) is 164 Å². The molecule has 10 amide bonds. The number of nitrogens with one attached hydrogen (secondary N) is 4. The van der Waals surface area contributed by atoms with Crippen molar-refractivity contribution in [1.82, 2.24) is 20.4 Å². The maximum absolute atomic E-state index is 13.8. The predicted molar refractivity (Wildman–Crippen MR) is 240 cm³/mol. The van der Waals surface area contributed by atoms with Crippen molar-refractivity contribution in [3.05, 3.63) is 192 Å². The summed E-state index contributed by atoms with van der Waals surface area (Å²) in [6, 6.07) is 47.2. The van der Waals surface area contributed by atoms with Crippen LogP contribution in [0.2, 0.25) is 0 Å². The first kappa shape index (κ1) is 41.5. The lowest BCUT2D eigenvalue weighted by Gasteiger charge is -2.25. The molecule has 2 saturated heterocycles. The molecule has 0 aromatic heterocycles. The van der Waals surface area contributed by atoms with Crippen molar-refractivity contribution in [3.63, 3.8) is 0 Å². The summed E-state index contributed by atoms with van der Waals surface area (Å²) in [4.78, 5) is 85.2. The molecule has 2 aliphatic heterocycles. The van der Waals surface area contributed by atoms with Crippen LogP contribution < -0.4 is 31.1 Å². The van der Waals surface area contributed by atoms with E-state index in [0.29, 0.717) is 29.2 Å². The van der Waals surface area contributed by atoms with E-state index in [9.17, 15) is 28.8 Å². The first-order valence-corrected chi connectivity index (χ1v) is 20.4. The first-order chi connectivity index (χ1) is 30.7. The highest BCUT2D eigenvalue weighted by Crippen LogP contribution is 2.23. The lowest BCUT2D eigenvalue weighted by atomic mass is 10.0. The van der Waals surface area contributed by atoms with Gasteiger partial charge in [-0.05, 0) is 77.2 Å². The second-order valence-electron chi connectivity index (χ2n) is 15.2. The van der Waals surface area contributed by atoms with Gasteiger partial charge in [0.1, 0.15) is 12.1 Å². The number of para-hydroxylation sites is 2. The molecule has 0 aliphatic carbocycles. The Morgan fingerprint density at radius 1 is 0.444 bits per heavy atom. The minimum atomic E-state index is -0.930. The molecule has 0 bridgehead atoms. The Hall–Kier alpha value is -8.26. The molecule has 6 aromatic rings. The van der Waals surface area contributed by atoms with E-state index in [1.807, 2.05) is 84.9 Å². The molecule has 2 atom stereocenters. The first-order valence-electron chi connectivity index (χ1n) is 20.4. The fourth-order valence-electron chi connectivity index (χ4n) is 7.49. The van der Waals surface area contributed by atoms with Gasteiger partial charge in [0.25, 0.3) is 11.8 Å². The van der Waals surface area contributed by atoms with Gasteiger partial charge in [0.2, 0.25) is 0 Å². The molecule has 316 valence electrons. The summed E-state index contributed by atoms with van der Waals surface area (Å²) < 4.78 is 0. The second kappa shape index (κ2) is 19.0. The van der Waals surface area contributed by atoms with Crippen molar-refractivity contribution >= 4 is 58.7 Å². The van der Waals surface area contributed by atoms with Crippen LogP contribution in [-0.2, 0) is 29.1 Å².